The monoisotopic (exact) mass is 450 g/mol. The highest BCUT2D eigenvalue weighted by Crippen LogP contribution is 2.47. The van der Waals surface area contributed by atoms with Crippen molar-refractivity contribution in [1.29, 1.82) is 0 Å². The van der Waals surface area contributed by atoms with Crippen LogP contribution in [0.4, 0.5) is 5.69 Å². The maximum atomic E-state index is 12.3. The highest BCUT2D eigenvalue weighted by molar-refractivity contribution is 6.07. The molecule has 0 N–H and O–H groups in total. The highest BCUT2D eigenvalue weighted by Gasteiger charge is 2.39. The van der Waals surface area contributed by atoms with Gasteiger partial charge in [-0.3, -0.25) is 14.9 Å². The van der Waals surface area contributed by atoms with E-state index in [1.54, 1.807) is 6.08 Å². The fraction of sp³-hybridized carbons (Fsp3) is 0.444. The van der Waals surface area contributed by atoms with Gasteiger partial charge in [-0.05, 0) is 49.1 Å². The van der Waals surface area contributed by atoms with Crippen LogP contribution < -0.4 is 4.90 Å². The molecule has 0 unspecified atom stereocenters. The van der Waals surface area contributed by atoms with Crippen molar-refractivity contribution in [2.45, 2.75) is 44.9 Å². The molecule has 1 aliphatic carbocycles. The number of benzene rings is 1. The minimum absolute atomic E-state index is 0.0704. The van der Waals surface area contributed by atoms with Gasteiger partial charge in [-0.2, -0.15) is 0 Å². The maximum absolute atomic E-state index is 12.3. The van der Waals surface area contributed by atoms with Gasteiger partial charge in [0.1, 0.15) is 0 Å². The topological polar surface area (TPSA) is 63.5 Å². The molecule has 0 radical (unpaired) electrons. The number of unbranched alkanes of at least 4 members (excludes halogenated alkanes) is 3. The van der Waals surface area contributed by atoms with Gasteiger partial charge in [-0.15, -0.1) is 0 Å². The number of carbonyl (C=O) groups is 1. The van der Waals surface area contributed by atoms with Crippen molar-refractivity contribution < 1.29 is 14.2 Å². The summed E-state index contributed by atoms with van der Waals surface area (Å²) in [6.07, 6.45) is 12.3. The van der Waals surface area contributed by atoms with E-state index in [4.69, 9.17) is 0 Å². The van der Waals surface area contributed by atoms with E-state index in [2.05, 4.69) is 64.2 Å². The van der Waals surface area contributed by atoms with E-state index in [9.17, 15) is 14.9 Å². The van der Waals surface area contributed by atoms with Gasteiger partial charge in [0, 0.05) is 41.1 Å². The van der Waals surface area contributed by atoms with E-state index in [0.717, 1.165) is 23.1 Å². The molecule has 0 saturated carbocycles. The van der Waals surface area contributed by atoms with E-state index >= 15 is 0 Å². The van der Waals surface area contributed by atoms with Gasteiger partial charge in [-0.25, -0.2) is 0 Å². The van der Waals surface area contributed by atoms with Crippen LogP contribution in [0.15, 0.2) is 71.6 Å². The van der Waals surface area contributed by atoms with Crippen molar-refractivity contribution >= 4 is 11.5 Å². The number of carbonyl (C=O) groups excluding carboxylic acids is 1. The van der Waals surface area contributed by atoms with Crippen LogP contribution in [-0.4, -0.2) is 49.4 Å². The van der Waals surface area contributed by atoms with Crippen LogP contribution in [0.5, 0.6) is 0 Å². The number of hydrogen-bond donors (Lipinski definition) is 0. The Hall–Kier alpha value is -2.99. The van der Waals surface area contributed by atoms with Gasteiger partial charge >= 0.3 is 0 Å². The molecule has 0 amide bonds. The number of allylic oxidation sites excluding steroid dienone is 7. The largest absolute Gasteiger partial charge is 0.344 e. The molecule has 3 rings (SSSR count). The third-order valence-corrected chi connectivity index (χ3v) is 6.38. The number of rotatable bonds is 9. The first kappa shape index (κ1) is 24.6. The van der Waals surface area contributed by atoms with Crippen molar-refractivity contribution in [3.05, 3.63) is 87.3 Å². The summed E-state index contributed by atoms with van der Waals surface area (Å²) in [4.78, 5) is 25.3. The summed E-state index contributed by atoms with van der Waals surface area (Å²) >= 11 is 0. The second kappa shape index (κ2) is 9.87. The fourth-order valence-electron chi connectivity index (χ4n) is 4.54. The first-order valence-electron chi connectivity index (χ1n) is 11.7. The van der Waals surface area contributed by atoms with E-state index in [-0.39, 0.29) is 16.9 Å². The summed E-state index contributed by atoms with van der Waals surface area (Å²) in [5, 5.41) is 11.1. The van der Waals surface area contributed by atoms with Crippen molar-refractivity contribution in [2.24, 2.45) is 0 Å². The van der Waals surface area contributed by atoms with Crippen LogP contribution in [0, 0.1) is 10.1 Å². The number of quaternary nitrogens is 1. The fourth-order valence-corrected chi connectivity index (χ4v) is 4.54. The van der Waals surface area contributed by atoms with Gasteiger partial charge in [0.25, 0.3) is 5.70 Å². The van der Waals surface area contributed by atoms with Crippen LogP contribution in [0.1, 0.15) is 45.1 Å². The lowest BCUT2D eigenvalue weighted by Crippen LogP contribution is -2.35. The van der Waals surface area contributed by atoms with Crippen molar-refractivity contribution in [3.8, 4) is 0 Å². The van der Waals surface area contributed by atoms with E-state index in [1.807, 2.05) is 6.08 Å². The Morgan fingerprint density at radius 3 is 2.42 bits per heavy atom. The summed E-state index contributed by atoms with van der Waals surface area (Å²) in [5.41, 5.74) is 3.62. The summed E-state index contributed by atoms with van der Waals surface area (Å²) in [5.74, 6) is -0.213. The van der Waals surface area contributed by atoms with Gasteiger partial charge < -0.3 is 9.38 Å². The zero-order valence-electron chi connectivity index (χ0n) is 20.5. The van der Waals surface area contributed by atoms with Gasteiger partial charge in [0.2, 0.25) is 0 Å². The number of ketones is 1. The Morgan fingerprint density at radius 2 is 1.73 bits per heavy atom. The van der Waals surface area contributed by atoms with Crippen LogP contribution in [0.3, 0.4) is 0 Å². The zero-order valence-corrected chi connectivity index (χ0v) is 20.5. The molecule has 0 spiro atoms. The lowest BCUT2D eigenvalue weighted by atomic mass is 9.83. The second-order valence-corrected chi connectivity index (χ2v) is 10.4. The second-order valence-electron chi connectivity index (χ2n) is 10.4. The lowest BCUT2D eigenvalue weighted by Gasteiger charge is -2.27. The molecule has 0 saturated heterocycles. The minimum atomic E-state index is -0.468. The summed E-state index contributed by atoms with van der Waals surface area (Å²) in [6.45, 7) is 6.47. The standard InChI is InChI=1S/C27H36N3O3/c1-27(2)23-12-8-9-13-24(23)28(18-10-6-7-11-19-30(3,4)5)26(27)17-14-21-20-22(29(32)33)15-16-25(21)31/h8-9,12-17,20H,6-7,10-11,18-19H2,1-5H3/q+1/b21-14-,26-17+. The molecule has 176 valence electrons. The normalized spacial score (nSPS) is 19.8. The predicted octanol–water partition coefficient (Wildman–Crippen LogP) is 5.16. The Bertz CT molecular complexity index is 1040. The van der Waals surface area contributed by atoms with Crippen molar-refractivity contribution in [1.82, 2.24) is 0 Å². The van der Waals surface area contributed by atoms with E-state index < -0.39 is 4.92 Å². The smallest absolute Gasteiger partial charge is 0.270 e. The van der Waals surface area contributed by atoms with Crippen molar-refractivity contribution in [2.75, 3.05) is 39.1 Å². The number of nitrogens with zero attached hydrogens (tertiary/aromatic N) is 3. The zero-order chi connectivity index (χ0) is 24.2. The minimum Gasteiger partial charge on any atom is -0.344 e. The molecular weight excluding hydrogens is 414 g/mol. The van der Waals surface area contributed by atoms with Gasteiger partial charge in [0.05, 0.1) is 32.6 Å². The van der Waals surface area contributed by atoms with Crippen LogP contribution in [0.2, 0.25) is 0 Å². The Balaban J connectivity index is 1.81. The molecule has 1 aliphatic heterocycles. The number of fused-ring (bicyclic) bond motifs is 1. The molecule has 0 aromatic heterocycles. The van der Waals surface area contributed by atoms with Gasteiger partial charge in [-0.1, -0.05) is 38.5 Å². The summed E-state index contributed by atoms with van der Waals surface area (Å²) in [7, 11) is 6.68. The molecule has 0 fully saturated rings. The highest BCUT2D eigenvalue weighted by atomic mass is 16.6. The number of nitro groups is 1. The predicted molar refractivity (Wildman–Crippen MR) is 134 cm³/mol. The van der Waals surface area contributed by atoms with Crippen LogP contribution >= 0.6 is 0 Å². The third-order valence-electron chi connectivity index (χ3n) is 6.38. The molecule has 6 heteroatoms. The van der Waals surface area contributed by atoms with Crippen molar-refractivity contribution in [3.63, 3.8) is 0 Å². The Labute approximate surface area is 197 Å². The number of para-hydroxylation sites is 1. The molecule has 33 heavy (non-hydrogen) atoms. The Kier molecular flexibility index (Phi) is 7.38. The molecule has 1 aromatic rings. The lowest BCUT2D eigenvalue weighted by molar-refractivity contribution is -0.870. The summed E-state index contributed by atoms with van der Waals surface area (Å²) < 4.78 is 0.996. The first-order valence-corrected chi connectivity index (χ1v) is 11.7. The van der Waals surface area contributed by atoms with Crippen LogP contribution in [-0.2, 0) is 10.2 Å². The third kappa shape index (κ3) is 5.88. The maximum Gasteiger partial charge on any atom is 0.270 e. The van der Waals surface area contributed by atoms with Gasteiger partial charge in [0.15, 0.2) is 5.78 Å². The molecule has 0 atom stereocenters. The molecular formula is C27H36N3O3+. The quantitative estimate of drug-likeness (QED) is 0.171. The number of anilines is 1. The van der Waals surface area contributed by atoms with E-state index in [0.29, 0.717) is 5.57 Å². The summed E-state index contributed by atoms with van der Waals surface area (Å²) in [6, 6.07) is 8.44. The molecule has 1 heterocycles. The number of hydrogen-bond acceptors (Lipinski definition) is 4. The molecule has 0 bridgehead atoms. The average molecular weight is 451 g/mol. The Morgan fingerprint density at radius 1 is 1.03 bits per heavy atom. The SMILES string of the molecule is CC1(C)/C(=C\C=C2\C=C([N+](=O)[O-])C=CC2=O)N(CCCCCC[N+](C)(C)C)c2ccccc21. The van der Waals surface area contributed by atoms with Crippen LogP contribution in [0.25, 0.3) is 0 Å². The molecule has 1 aromatic carbocycles. The molecule has 6 nitrogen and oxygen atoms in total. The average Bonchev–Trinajstić information content (AvgIpc) is 2.95. The van der Waals surface area contributed by atoms with E-state index in [1.165, 1.54) is 55.3 Å². The molecule has 2 aliphatic rings. The first-order chi connectivity index (χ1) is 15.5.